The van der Waals surface area contributed by atoms with Gasteiger partial charge >= 0.3 is 0 Å². The second kappa shape index (κ2) is 5.59. The predicted octanol–water partition coefficient (Wildman–Crippen LogP) is 4.31. The summed E-state index contributed by atoms with van der Waals surface area (Å²) in [5.41, 5.74) is 1.52. The maximum absolute atomic E-state index is 13.8. The van der Waals surface area contributed by atoms with Crippen molar-refractivity contribution in [2.75, 3.05) is 0 Å². The highest BCUT2D eigenvalue weighted by Gasteiger charge is 2.78. The molecule has 0 radical (unpaired) electrons. The Kier molecular flexibility index (Phi) is 3.71. The molecule has 0 aromatic heterocycles. The van der Waals surface area contributed by atoms with Crippen LogP contribution in [0.2, 0.25) is 0 Å². The number of carbonyl (C=O) groups excluding carboxylic acids is 2. The van der Waals surface area contributed by atoms with Gasteiger partial charge in [0, 0.05) is 12.3 Å². The molecular formula is C24H33NO3. The number of ether oxygens (including phenoxy) is 1. The molecule has 0 aromatic rings. The molecule has 1 spiro atoms. The van der Waals surface area contributed by atoms with E-state index >= 15 is 0 Å². The van der Waals surface area contributed by atoms with Crippen molar-refractivity contribution >= 4 is 11.7 Å². The topological polar surface area (TPSA) is 55.4 Å². The zero-order valence-corrected chi connectivity index (χ0v) is 17.9. The number of Topliss-reactive ketones (excluding diaryl/α,β-unsaturated/α-hetero) is 1. The van der Waals surface area contributed by atoms with Crippen LogP contribution in [0.15, 0.2) is 22.8 Å². The van der Waals surface area contributed by atoms with Gasteiger partial charge < -0.3 is 10.1 Å². The Morgan fingerprint density at radius 2 is 2.04 bits per heavy atom. The van der Waals surface area contributed by atoms with Crippen molar-refractivity contribution in [3.63, 3.8) is 0 Å². The highest BCUT2D eigenvalue weighted by Crippen LogP contribution is 2.69. The lowest BCUT2D eigenvalue weighted by molar-refractivity contribution is -0.143. The van der Waals surface area contributed by atoms with Crippen LogP contribution in [0.4, 0.5) is 0 Å². The number of allylic oxidation sites excluding steroid dienone is 2. The predicted molar refractivity (Wildman–Crippen MR) is 107 cm³/mol. The minimum atomic E-state index is -1.04. The molecule has 1 N–H and O–H groups in total. The van der Waals surface area contributed by atoms with E-state index in [9.17, 15) is 9.59 Å². The van der Waals surface area contributed by atoms with E-state index in [1.54, 1.807) is 0 Å². The number of rotatable bonds is 2. The molecule has 1 amide bonds. The van der Waals surface area contributed by atoms with Crippen LogP contribution in [0, 0.1) is 29.1 Å². The molecule has 5 aliphatic rings. The molecule has 1 saturated carbocycles. The molecule has 3 aliphatic carbocycles. The maximum atomic E-state index is 13.8. The minimum Gasteiger partial charge on any atom is -0.345 e. The van der Waals surface area contributed by atoms with Gasteiger partial charge in [-0.05, 0) is 74.5 Å². The Labute approximate surface area is 168 Å². The van der Waals surface area contributed by atoms with E-state index in [1.807, 2.05) is 0 Å². The molecule has 2 saturated heterocycles. The number of hydrogen-bond acceptors (Lipinski definition) is 3. The number of ketones is 1. The average Bonchev–Trinajstić information content (AvgIpc) is 2.78. The van der Waals surface area contributed by atoms with Gasteiger partial charge in [0.2, 0.25) is 5.91 Å². The molecule has 0 aromatic carbocycles. The molecule has 6 unspecified atom stereocenters. The molecule has 3 fully saturated rings. The summed E-state index contributed by atoms with van der Waals surface area (Å²) < 4.78 is 6.74. The standard InChI is InChI=1S/C24H33NO3/c1-13(2)11-23-20-15(4)22(5,28-23)12-17-19-14(3)8-6-7-9-16(19)10-18(26)24(17,20)21(27)25-23/h12-13,15-16,20H,6-11H2,1-5H3,(H,25,27). The number of amides is 1. The summed E-state index contributed by atoms with van der Waals surface area (Å²) in [5, 5.41) is 3.25. The molecule has 6 atom stereocenters. The van der Waals surface area contributed by atoms with Gasteiger partial charge in [0.25, 0.3) is 0 Å². The van der Waals surface area contributed by atoms with Crippen molar-refractivity contribution in [1.82, 2.24) is 5.32 Å². The highest BCUT2D eigenvalue weighted by molar-refractivity contribution is 6.14. The Morgan fingerprint density at radius 3 is 2.75 bits per heavy atom. The van der Waals surface area contributed by atoms with Crippen molar-refractivity contribution in [3.8, 4) is 0 Å². The first-order chi connectivity index (χ1) is 13.2. The molecule has 2 aliphatic heterocycles. The summed E-state index contributed by atoms with van der Waals surface area (Å²) in [7, 11) is 0. The first-order valence-corrected chi connectivity index (χ1v) is 11.1. The smallest absolute Gasteiger partial charge is 0.240 e. The van der Waals surface area contributed by atoms with E-state index in [4.69, 9.17) is 4.74 Å². The van der Waals surface area contributed by atoms with Crippen LogP contribution in [0.25, 0.3) is 0 Å². The molecular weight excluding hydrogens is 350 g/mol. The SMILES string of the molecule is CC1=C2C3=CC4(C)OC5(CC(C)C)NC(=O)C3(C(=O)CC2CCCC1)C5C4C. The van der Waals surface area contributed by atoms with Gasteiger partial charge in [-0.2, -0.15) is 0 Å². The Hall–Kier alpha value is -1.42. The Morgan fingerprint density at radius 1 is 1.29 bits per heavy atom. The Bertz CT molecular complexity index is 839. The van der Waals surface area contributed by atoms with Crippen LogP contribution in [0.1, 0.15) is 73.1 Å². The summed E-state index contributed by atoms with van der Waals surface area (Å²) >= 11 is 0. The summed E-state index contributed by atoms with van der Waals surface area (Å²) in [6, 6.07) is 0. The van der Waals surface area contributed by atoms with Crippen LogP contribution in [0.5, 0.6) is 0 Å². The first kappa shape index (κ1) is 18.6. The lowest BCUT2D eigenvalue weighted by atomic mass is 9.50. The van der Waals surface area contributed by atoms with Crippen LogP contribution in [0.3, 0.4) is 0 Å². The largest absolute Gasteiger partial charge is 0.345 e. The van der Waals surface area contributed by atoms with Crippen LogP contribution >= 0.6 is 0 Å². The van der Waals surface area contributed by atoms with Gasteiger partial charge in [0.05, 0.1) is 5.60 Å². The van der Waals surface area contributed by atoms with E-state index in [-0.39, 0.29) is 29.4 Å². The quantitative estimate of drug-likeness (QED) is 0.723. The lowest BCUT2D eigenvalue weighted by Crippen LogP contribution is -2.55. The van der Waals surface area contributed by atoms with Crippen LogP contribution in [-0.2, 0) is 14.3 Å². The third-order valence-electron chi connectivity index (χ3n) is 8.41. The average molecular weight is 384 g/mol. The monoisotopic (exact) mass is 383 g/mol. The summed E-state index contributed by atoms with van der Waals surface area (Å²) in [4.78, 5) is 27.4. The van der Waals surface area contributed by atoms with E-state index in [0.29, 0.717) is 12.3 Å². The number of hydrogen-bond donors (Lipinski definition) is 1. The van der Waals surface area contributed by atoms with Crippen molar-refractivity contribution < 1.29 is 14.3 Å². The van der Waals surface area contributed by atoms with Gasteiger partial charge in [0.15, 0.2) is 5.78 Å². The van der Waals surface area contributed by atoms with Crippen LogP contribution < -0.4 is 5.32 Å². The van der Waals surface area contributed by atoms with E-state index in [2.05, 4.69) is 46.0 Å². The maximum Gasteiger partial charge on any atom is 0.240 e. The first-order valence-electron chi connectivity index (χ1n) is 11.1. The van der Waals surface area contributed by atoms with E-state index < -0.39 is 16.7 Å². The van der Waals surface area contributed by atoms with Gasteiger partial charge in [-0.25, -0.2) is 0 Å². The van der Waals surface area contributed by atoms with Crippen molar-refractivity contribution in [2.24, 2.45) is 29.1 Å². The van der Waals surface area contributed by atoms with Gasteiger partial charge in [-0.1, -0.05) is 32.8 Å². The second-order valence-corrected chi connectivity index (χ2v) is 10.6. The fourth-order valence-electron chi connectivity index (χ4n) is 7.41. The van der Waals surface area contributed by atoms with E-state index in [0.717, 1.165) is 31.3 Å². The normalized spacial score (nSPS) is 46.9. The molecule has 152 valence electrons. The lowest BCUT2D eigenvalue weighted by Gasteiger charge is -2.48. The summed E-state index contributed by atoms with van der Waals surface area (Å²) in [6.45, 7) is 10.9. The molecule has 2 heterocycles. The fraction of sp³-hybridized carbons (Fsp3) is 0.750. The number of fused-ring (bicyclic) bond motifs is 3. The summed E-state index contributed by atoms with van der Waals surface area (Å²) in [5.74, 6) is 0.689. The highest BCUT2D eigenvalue weighted by atomic mass is 16.5. The molecule has 4 heteroatoms. The third kappa shape index (κ3) is 2.00. The summed E-state index contributed by atoms with van der Waals surface area (Å²) in [6.07, 6.45) is 7.93. The van der Waals surface area contributed by atoms with Gasteiger partial charge in [-0.3, -0.25) is 9.59 Å². The van der Waals surface area contributed by atoms with Gasteiger partial charge in [-0.15, -0.1) is 0 Å². The molecule has 4 nitrogen and oxygen atoms in total. The number of nitrogens with one attached hydrogen (secondary N) is 1. The zero-order valence-electron chi connectivity index (χ0n) is 17.9. The minimum absolute atomic E-state index is 0.106. The van der Waals surface area contributed by atoms with Crippen molar-refractivity contribution in [1.29, 1.82) is 0 Å². The zero-order chi connectivity index (χ0) is 20.1. The number of carbonyl (C=O) groups is 2. The molecule has 2 bridgehead atoms. The fourth-order valence-corrected chi connectivity index (χ4v) is 7.41. The third-order valence-corrected chi connectivity index (χ3v) is 8.41. The second-order valence-electron chi connectivity index (χ2n) is 10.6. The van der Waals surface area contributed by atoms with E-state index in [1.165, 1.54) is 17.6 Å². The van der Waals surface area contributed by atoms with Crippen LogP contribution in [-0.4, -0.2) is 23.0 Å². The molecule has 5 rings (SSSR count). The Balaban J connectivity index is 1.78. The van der Waals surface area contributed by atoms with Crippen molar-refractivity contribution in [2.45, 2.75) is 84.5 Å². The van der Waals surface area contributed by atoms with Crippen molar-refractivity contribution in [3.05, 3.63) is 22.8 Å². The molecule has 28 heavy (non-hydrogen) atoms. The van der Waals surface area contributed by atoms with Gasteiger partial charge in [0.1, 0.15) is 11.1 Å².